The van der Waals surface area contributed by atoms with Gasteiger partial charge < -0.3 is 0 Å². The zero-order valence-corrected chi connectivity index (χ0v) is 14.8. The van der Waals surface area contributed by atoms with Crippen LogP contribution in [-0.4, -0.2) is 24.8 Å². The highest BCUT2D eigenvalue weighted by Crippen LogP contribution is 2.30. The lowest BCUT2D eigenvalue weighted by Crippen LogP contribution is -2.42. The summed E-state index contributed by atoms with van der Waals surface area (Å²) in [4.78, 5) is 0.291. The van der Waals surface area contributed by atoms with Gasteiger partial charge in [-0.2, -0.15) is 4.31 Å². The van der Waals surface area contributed by atoms with Crippen LogP contribution in [0.15, 0.2) is 32.0 Å². The van der Waals surface area contributed by atoms with E-state index in [2.05, 4.69) is 31.9 Å². The molecule has 3 nitrogen and oxygen atoms in total. The van der Waals surface area contributed by atoms with Crippen LogP contribution >= 0.6 is 31.9 Å². The third-order valence-electron chi connectivity index (χ3n) is 2.47. The summed E-state index contributed by atoms with van der Waals surface area (Å²) < 4.78 is 28.2. The lowest BCUT2D eigenvalue weighted by atomic mass is 10.3. The Morgan fingerprint density at radius 3 is 2.00 bits per heavy atom. The predicted molar refractivity (Wildman–Crippen MR) is 81.1 cm³/mol. The van der Waals surface area contributed by atoms with Crippen LogP contribution in [0.1, 0.15) is 27.7 Å². The van der Waals surface area contributed by atoms with Crippen molar-refractivity contribution in [3.63, 3.8) is 0 Å². The lowest BCUT2D eigenvalue weighted by molar-refractivity contribution is 0.302. The highest BCUT2D eigenvalue weighted by atomic mass is 79.9. The van der Waals surface area contributed by atoms with Crippen molar-refractivity contribution < 1.29 is 8.42 Å². The van der Waals surface area contributed by atoms with E-state index in [0.29, 0.717) is 9.37 Å². The Bertz CT molecular complexity index is 519. The number of nitrogens with zero attached hydrogens (tertiary/aromatic N) is 1. The maximum absolute atomic E-state index is 12.7. The number of halogens is 2. The van der Waals surface area contributed by atoms with Gasteiger partial charge in [-0.25, -0.2) is 8.42 Å². The molecule has 0 saturated carbocycles. The van der Waals surface area contributed by atoms with Crippen molar-refractivity contribution in [1.29, 1.82) is 0 Å². The minimum absolute atomic E-state index is 0.0825. The summed E-state index contributed by atoms with van der Waals surface area (Å²) in [5.41, 5.74) is 0. The summed E-state index contributed by atoms with van der Waals surface area (Å²) in [7, 11) is -3.50. The third-order valence-corrected chi connectivity index (χ3v) is 6.21. The molecule has 0 radical (unpaired) electrons. The fraction of sp³-hybridized carbons (Fsp3) is 0.500. The molecule has 0 amide bonds. The van der Waals surface area contributed by atoms with Crippen molar-refractivity contribution in [3.8, 4) is 0 Å². The second-order valence-corrected chi connectivity index (χ2v) is 8.18. The first-order valence-corrected chi connectivity index (χ1v) is 8.69. The molecule has 0 aliphatic heterocycles. The van der Waals surface area contributed by atoms with E-state index >= 15 is 0 Å². The molecule has 0 bridgehead atoms. The van der Waals surface area contributed by atoms with E-state index in [1.54, 1.807) is 18.2 Å². The summed E-state index contributed by atoms with van der Waals surface area (Å²) in [5, 5.41) is 0. The van der Waals surface area contributed by atoms with Gasteiger partial charge >= 0.3 is 0 Å². The van der Waals surface area contributed by atoms with Crippen molar-refractivity contribution in [2.24, 2.45) is 0 Å². The molecule has 0 fully saturated rings. The quantitative estimate of drug-likeness (QED) is 0.767. The normalized spacial score (nSPS) is 12.7. The Balaban J connectivity index is 3.40. The Hall–Kier alpha value is 0.0900. The van der Waals surface area contributed by atoms with Gasteiger partial charge in [0.2, 0.25) is 10.0 Å². The molecule has 18 heavy (non-hydrogen) atoms. The van der Waals surface area contributed by atoms with Gasteiger partial charge in [-0.05, 0) is 61.8 Å². The number of sulfonamides is 1. The van der Waals surface area contributed by atoms with E-state index in [0.717, 1.165) is 4.47 Å². The summed E-state index contributed by atoms with van der Waals surface area (Å²) in [6, 6.07) is 4.99. The molecule has 0 unspecified atom stereocenters. The highest BCUT2D eigenvalue weighted by Gasteiger charge is 2.31. The molecule has 1 aromatic rings. The van der Waals surface area contributed by atoms with Gasteiger partial charge in [0.15, 0.2) is 0 Å². The number of rotatable bonds is 4. The Morgan fingerprint density at radius 1 is 1.06 bits per heavy atom. The zero-order valence-electron chi connectivity index (χ0n) is 10.8. The standard InChI is InChI=1S/C12H17Br2NO2S/c1-8(2)15(9(3)4)18(16,17)12-7-10(13)5-6-11(12)14/h5-9H,1-4H3. The molecular weight excluding hydrogens is 382 g/mol. The molecule has 6 heteroatoms. The molecule has 0 atom stereocenters. The maximum Gasteiger partial charge on any atom is 0.244 e. The van der Waals surface area contributed by atoms with Crippen LogP contribution in [0.4, 0.5) is 0 Å². The summed E-state index contributed by atoms with van der Waals surface area (Å²) >= 11 is 6.61. The zero-order chi connectivity index (χ0) is 14.1. The Labute approximate surface area is 126 Å². The fourth-order valence-electron chi connectivity index (χ4n) is 1.94. The van der Waals surface area contributed by atoms with Crippen molar-refractivity contribution in [3.05, 3.63) is 27.1 Å². The Kier molecular flexibility index (Phi) is 5.41. The second-order valence-electron chi connectivity index (χ2n) is 4.60. The van der Waals surface area contributed by atoms with E-state index in [-0.39, 0.29) is 12.1 Å². The molecular formula is C12H17Br2NO2S. The van der Waals surface area contributed by atoms with Crippen molar-refractivity contribution in [2.75, 3.05) is 0 Å². The molecule has 0 heterocycles. The monoisotopic (exact) mass is 397 g/mol. The van der Waals surface area contributed by atoms with E-state index < -0.39 is 10.0 Å². The van der Waals surface area contributed by atoms with Crippen LogP contribution in [0, 0.1) is 0 Å². The minimum atomic E-state index is -3.50. The maximum atomic E-state index is 12.7. The van der Waals surface area contributed by atoms with Gasteiger partial charge in [0.05, 0.1) is 4.90 Å². The van der Waals surface area contributed by atoms with Gasteiger partial charge in [-0.15, -0.1) is 0 Å². The summed E-state index contributed by atoms with van der Waals surface area (Å²) in [6.45, 7) is 7.51. The van der Waals surface area contributed by atoms with Gasteiger partial charge in [-0.1, -0.05) is 15.9 Å². The topological polar surface area (TPSA) is 37.4 Å². The first-order valence-electron chi connectivity index (χ1n) is 5.66. The van der Waals surface area contributed by atoms with Crippen LogP contribution in [0.2, 0.25) is 0 Å². The molecule has 0 spiro atoms. The lowest BCUT2D eigenvalue weighted by Gasteiger charge is -2.30. The third kappa shape index (κ3) is 3.35. The van der Waals surface area contributed by atoms with E-state index in [1.165, 1.54) is 4.31 Å². The van der Waals surface area contributed by atoms with E-state index in [1.807, 2.05) is 27.7 Å². The average molecular weight is 399 g/mol. The van der Waals surface area contributed by atoms with Crippen molar-refractivity contribution in [1.82, 2.24) is 4.31 Å². The average Bonchev–Trinajstić information content (AvgIpc) is 2.19. The van der Waals surface area contributed by atoms with Gasteiger partial charge in [-0.3, -0.25) is 0 Å². The molecule has 0 aromatic heterocycles. The summed E-state index contributed by atoms with van der Waals surface area (Å²) in [6.07, 6.45) is 0. The van der Waals surface area contributed by atoms with Gasteiger partial charge in [0.25, 0.3) is 0 Å². The minimum Gasteiger partial charge on any atom is -0.207 e. The van der Waals surface area contributed by atoms with Gasteiger partial charge in [0.1, 0.15) is 0 Å². The molecule has 1 aromatic carbocycles. The SMILES string of the molecule is CC(C)N(C(C)C)S(=O)(=O)c1cc(Br)ccc1Br. The van der Waals surface area contributed by atoms with E-state index in [4.69, 9.17) is 0 Å². The molecule has 0 aliphatic rings. The first-order chi connectivity index (χ1) is 8.17. The molecule has 0 aliphatic carbocycles. The fourth-order valence-corrected chi connectivity index (χ4v) is 5.24. The smallest absolute Gasteiger partial charge is 0.207 e. The number of hydrogen-bond acceptors (Lipinski definition) is 2. The largest absolute Gasteiger partial charge is 0.244 e. The number of benzene rings is 1. The highest BCUT2D eigenvalue weighted by molar-refractivity contribution is 9.11. The molecule has 102 valence electrons. The molecule has 0 N–H and O–H groups in total. The van der Waals surface area contributed by atoms with Crippen LogP contribution in [0.5, 0.6) is 0 Å². The summed E-state index contributed by atoms with van der Waals surface area (Å²) in [5.74, 6) is 0. The van der Waals surface area contributed by atoms with Crippen LogP contribution < -0.4 is 0 Å². The number of hydrogen-bond donors (Lipinski definition) is 0. The van der Waals surface area contributed by atoms with Crippen molar-refractivity contribution >= 4 is 41.9 Å². The molecule has 1 rings (SSSR count). The predicted octanol–water partition coefficient (Wildman–Crippen LogP) is 4.02. The van der Waals surface area contributed by atoms with Gasteiger partial charge in [0, 0.05) is 21.0 Å². The second kappa shape index (κ2) is 6.03. The van der Waals surface area contributed by atoms with Crippen LogP contribution in [0.3, 0.4) is 0 Å². The van der Waals surface area contributed by atoms with Crippen LogP contribution in [0.25, 0.3) is 0 Å². The van der Waals surface area contributed by atoms with Crippen molar-refractivity contribution in [2.45, 2.75) is 44.7 Å². The molecule has 0 saturated heterocycles. The van der Waals surface area contributed by atoms with Crippen LogP contribution in [-0.2, 0) is 10.0 Å². The first kappa shape index (κ1) is 16.1. The van der Waals surface area contributed by atoms with E-state index in [9.17, 15) is 8.42 Å². The Morgan fingerprint density at radius 2 is 1.56 bits per heavy atom.